The maximum Gasteiger partial charge on any atom is 0.0406 e. The normalized spacial score (nSPS) is 11.8. The molecule has 0 aromatic heterocycles. The fraction of sp³-hybridized carbons (Fsp3) is 0. The number of rotatable bonds is 3. The lowest BCUT2D eigenvalue weighted by Gasteiger charge is -2.11. The number of hydrogen-bond acceptors (Lipinski definition) is 0. The van der Waals surface area contributed by atoms with Gasteiger partial charge in [-0.25, -0.2) is 0 Å². The van der Waals surface area contributed by atoms with Gasteiger partial charge in [0.25, 0.3) is 0 Å². The van der Waals surface area contributed by atoms with E-state index >= 15 is 0 Å². The topological polar surface area (TPSA) is 0 Å². The van der Waals surface area contributed by atoms with Crippen molar-refractivity contribution < 1.29 is 0 Å². The molecule has 5 aromatic rings. The fourth-order valence-electron chi connectivity index (χ4n) is 3.78. The van der Waals surface area contributed by atoms with Crippen LogP contribution < -0.4 is 0 Å². The molecular formula is C28H19Cl. The average Bonchev–Trinajstić information content (AvgIpc) is 2.78. The summed E-state index contributed by atoms with van der Waals surface area (Å²) in [5.41, 5.74) is 4.71. The molecule has 0 nitrogen and oxygen atoms in total. The predicted molar refractivity (Wildman–Crippen MR) is 126 cm³/mol. The molecule has 0 fully saturated rings. The lowest BCUT2D eigenvalue weighted by Crippen LogP contribution is -1.89. The predicted octanol–water partition coefficient (Wildman–Crippen LogP) is 8.24. The Hall–Kier alpha value is -3.35. The van der Waals surface area contributed by atoms with Gasteiger partial charge in [0.05, 0.1) is 0 Å². The van der Waals surface area contributed by atoms with Crippen LogP contribution in [0.3, 0.4) is 0 Å². The Balaban J connectivity index is 1.69. The minimum absolute atomic E-state index is 0.748. The van der Waals surface area contributed by atoms with Gasteiger partial charge in [-0.1, -0.05) is 96.5 Å². The van der Waals surface area contributed by atoms with Crippen LogP contribution in [0.5, 0.6) is 0 Å². The largest absolute Gasteiger partial charge is 0.0843 e. The highest BCUT2D eigenvalue weighted by molar-refractivity contribution is 6.30. The Morgan fingerprint density at radius 2 is 1.07 bits per heavy atom. The first-order valence-electron chi connectivity index (χ1n) is 9.72. The lowest BCUT2D eigenvalue weighted by atomic mass is 9.93. The van der Waals surface area contributed by atoms with Crippen molar-refractivity contribution >= 4 is 44.8 Å². The molecule has 0 saturated carbocycles. The van der Waals surface area contributed by atoms with Gasteiger partial charge in [-0.15, -0.1) is 0 Å². The number of fused-ring (bicyclic) bond motifs is 2. The van der Waals surface area contributed by atoms with Crippen molar-refractivity contribution in [3.8, 4) is 0 Å². The van der Waals surface area contributed by atoms with Gasteiger partial charge in [-0.05, 0) is 74.1 Å². The van der Waals surface area contributed by atoms with E-state index in [0.717, 1.165) is 10.6 Å². The first-order chi connectivity index (χ1) is 14.3. The fourth-order valence-corrected chi connectivity index (χ4v) is 3.91. The molecule has 0 aliphatic heterocycles. The Labute approximate surface area is 175 Å². The first-order valence-corrected chi connectivity index (χ1v) is 10.1. The molecule has 0 unspecified atom stereocenters. The summed E-state index contributed by atoms with van der Waals surface area (Å²) in [7, 11) is 0. The van der Waals surface area contributed by atoms with Crippen molar-refractivity contribution in [2.75, 3.05) is 0 Å². The van der Waals surface area contributed by atoms with Gasteiger partial charge in [-0.2, -0.15) is 0 Å². The van der Waals surface area contributed by atoms with Crippen molar-refractivity contribution in [3.05, 3.63) is 131 Å². The molecule has 5 aromatic carbocycles. The molecule has 0 bridgehead atoms. The molecule has 5 rings (SSSR count). The maximum atomic E-state index is 6.15. The van der Waals surface area contributed by atoms with E-state index in [-0.39, 0.29) is 0 Å². The van der Waals surface area contributed by atoms with Crippen LogP contribution >= 0.6 is 11.6 Å². The summed E-state index contributed by atoms with van der Waals surface area (Å²) in [4.78, 5) is 0. The molecule has 0 N–H and O–H groups in total. The molecule has 0 radical (unpaired) electrons. The number of halogens is 1. The van der Waals surface area contributed by atoms with E-state index in [2.05, 4.69) is 103 Å². The van der Waals surface area contributed by atoms with Crippen LogP contribution in [0, 0.1) is 0 Å². The molecule has 0 amide bonds. The number of hydrogen-bond donors (Lipinski definition) is 0. The highest BCUT2D eigenvalue weighted by Gasteiger charge is 2.07. The van der Waals surface area contributed by atoms with Crippen molar-refractivity contribution in [2.45, 2.75) is 0 Å². The zero-order valence-corrected chi connectivity index (χ0v) is 16.6. The van der Waals surface area contributed by atoms with Gasteiger partial charge in [0.2, 0.25) is 0 Å². The third kappa shape index (κ3) is 3.68. The molecule has 0 spiro atoms. The summed E-state index contributed by atoms with van der Waals surface area (Å²) in [5.74, 6) is 0. The number of benzene rings is 5. The molecule has 138 valence electrons. The SMILES string of the molecule is Clc1ccc(/C(=C/c2ccc3ccccc3c2)c2ccc3ccccc3c2)cc1. The van der Waals surface area contributed by atoms with Gasteiger partial charge in [0, 0.05) is 5.02 Å². The monoisotopic (exact) mass is 390 g/mol. The summed E-state index contributed by atoms with van der Waals surface area (Å²) < 4.78 is 0. The Morgan fingerprint density at radius 3 is 1.76 bits per heavy atom. The Kier molecular flexibility index (Phi) is 4.63. The van der Waals surface area contributed by atoms with Gasteiger partial charge in [0.1, 0.15) is 0 Å². The zero-order valence-electron chi connectivity index (χ0n) is 15.8. The summed E-state index contributed by atoms with van der Waals surface area (Å²) in [6.45, 7) is 0. The average molecular weight is 391 g/mol. The van der Waals surface area contributed by atoms with E-state index in [1.54, 1.807) is 0 Å². The first kappa shape index (κ1) is 17.7. The van der Waals surface area contributed by atoms with Crippen molar-refractivity contribution in [2.24, 2.45) is 0 Å². The lowest BCUT2D eigenvalue weighted by molar-refractivity contribution is 1.57. The van der Waals surface area contributed by atoms with Crippen LogP contribution in [0.1, 0.15) is 16.7 Å². The summed E-state index contributed by atoms with van der Waals surface area (Å²) in [5, 5.41) is 5.73. The van der Waals surface area contributed by atoms with E-state index in [4.69, 9.17) is 11.6 Å². The highest BCUT2D eigenvalue weighted by atomic mass is 35.5. The zero-order chi connectivity index (χ0) is 19.6. The van der Waals surface area contributed by atoms with Crippen LogP contribution in [-0.4, -0.2) is 0 Å². The third-order valence-electron chi connectivity index (χ3n) is 5.30. The van der Waals surface area contributed by atoms with Crippen LogP contribution in [0.2, 0.25) is 5.02 Å². The smallest absolute Gasteiger partial charge is 0.0406 e. The summed E-state index contributed by atoms with van der Waals surface area (Å²) in [6.07, 6.45) is 2.26. The summed E-state index contributed by atoms with van der Waals surface area (Å²) >= 11 is 6.15. The second kappa shape index (κ2) is 7.58. The minimum Gasteiger partial charge on any atom is -0.0843 e. The van der Waals surface area contributed by atoms with Gasteiger partial charge in [0.15, 0.2) is 0 Å². The van der Waals surface area contributed by atoms with Gasteiger partial charge >= 0.3 is 0 Å². The van der Waals surface area contributed by atoms with E-state index in [1.807, 2.05) is 12.1 Å². The summed E-state index contributed by atoms with van der Waals surface area (Å²) in [6, 6.07) is 38.3. The minimum atomic E-state index is 0.748. The highest BCUT2D eigenvalue weighted by Crippen LogP contribution is 2.30. The second-order valence-corrected chi connectivity index (χ2v) is 7.67. The molecule has 0 atom stereocenters. The van der Waals surface area contributed by atoms with Crippen molar-refractivity contribution in [1.82, 2.24) is 0 Å². The van der Waals surface area contributed by atoms with Gasteiger partial charge in [-0.3, -0.25) is 0 Å². The Bertz CT molecular complexity index is 1340. The van der Waals surface area contributed by atoms with Crippen LogP contribution in [0.4, 0.5) is 0 Å². The molecular weight excluding hydrogens is 372 g/mol. The molecule has 29 heavy (non-hydrogen) atoms. The maximum absolute atomic E-state index is 6.15. The third-order valence-corrected chi connectivity index (χ3v) is 5.55. The van der Waals surface area contributed by atoms with Crippen molar-refractivity contribution in [3.63, 3.8) is 0 Å². The quantitative estimate of drug-likeness (QED) is 0.272. The van der Waals surface area contributed by atoms with E-state index in [0.29, 0.717) is 0 Å². The molecule has 0 heterocycles. The molecule has 0 aliphatic rings. The van der Waals surface area contributed by atoms with E-state index < -0.39 is 0 Å². The Morgan fingerprint density at radius 1 is 0.517 bits per heavy atom. The van der Waals surface area contributed by atoms with Crippen LogP contribution in [-0.2, 0) is 0 Å². The van der Waals surface area contributed by atoms with Gasteiger partial charge < -0.3 is 0 Å². The van der Waals surface area contributed by atoms with E-state index in [1.165, 1.54) is 38.2 Å². The molecule has 0 aliphatic carbocycles. The van der Waals surface area contributed by atoms with E-state index in [9.17, 15) is 0 Å². The standard InChI is InChI=1S/C28H19Cl/c29-27-15-13-23(14-16-27)28(26-12-11-22-6-2-4-8-25(22)19-26)18-20-9-10-21-5-1-3-7-24(21)17-20/h1-19H/b28-18-. The van der Waals surface area contributed by atoms with Crippen LogP contribution in [0.15, 0.2) is 109 Å². The van der Waals surface area contributed by atoms with Crippen LogP contribution in [0.25, 0.3) is 33.2 Å². The molecule has 0 saturated heterocycles. The second-order valence-electron chi connectivity index (χ2n) is 7.23. The molecule has 1 heteroatoms. The van der Waals surface area contributed by atoms with Crippen molar-refractivity contribution in [1.29, 1.82) is 0 Å².